The van der Waals surface area contributed by atoms with Crippen molar-refractivity contribution in [2.45, 2.75) is 38.1 Å². The molecule has 2 heterocycles. The zero-order chi connectivity index (χ0) is 66.2. The maximum absolute atomic E-state index is 12.5. The molecule has 0 radical (unpaired) electrons. The Morgan fingerprint density at radius 3 is 1.41 bits per heavy atom. The van der Waals surface area contributed by atoms with Gasteiger partial charge in [0.15, 0.2) is 75.1 Å². The molecule has 2 aliphatic rings. The molecule has 25 heteroatoms. The van der Waals surface area contributed by atoms with E-state index in [2.05, 4.69) is 0 Å². The van der Waals surface area contributed by atoms with E-state index in [9.17, 15) is 111 Å². The number of carboxylic acids is 1. The number of rotatable bonds is 4. The lowest BCUT2D eigenvalue weighted by Gasteiger charge is -2.33. The molecule has 91 heavy (non-hydrogen) atoms. The first-order chi connectivity index (χ1) is 43.1. The molecule has 0 saturated heterocycles. The van der Waals surface area contributed by atoms with Crippen molar-refractivity contribution in [2.75, 3.05) is 0 Å². The number of carbonyl (C=O) groups is 1. The van der Waals surface area contributed by atoms with E-state index in [0.29, 0.717) is 39.6 Å². The van der Waals surface area contributed by atoms with E-state index in [1.165, 1.54) is 91.0 Å². The number of carboxylic acid groups (broad SMARTS) is 1. The van der Waals surface area contributed by atoms with Gasteiger partial charge in [-0.15, -0.1) is 0 Å². The molecular weight excluding hydrogens is 1190 g/mol. The molecule has 18 N–H and O–H groups in total. The molecule has 0 aromatic heterocycles. The van der Waals surface area contributed by atoms with Crippen LogP contribution in [0.1, 0.15) is 46.9 Å². The third-order valence-electron chi connectivity index (χ3n) is 14.8. The average molecular weight is 1250 g/mol. The highest BCUT2D eigenvalue weighted by atomic mass is 16.5. The second-order valence-electron chi connectivity index (χ2n) is 20.8. The van der Waals surface area contributed by atoms with Crippen LogP contribution in [0.25, 0.3) is 49.2 Å². The van der Waals surface area contributed by atoms with Gasteiger partial charge in [-0.1, -0.05) is 61.5 Å². The van der Waals surface area contributed by atoms with E-state index in [1.807, 2.05) is 6.92 Å². The van der Waals surface area contributed by atoms with E-state index in [-0.39, 0.29) is 90.3 Å². The normalized spacial score (nSPS) is 15.5. The van der Waals surface area contributed by atoms with E-state index in [0.717, 1.165) is 36.4 Å². The number of aromatic hydroxyl groups is 16. The maximum Gasteiger partial charge on any atom is 0.328 e. The Hall–Kier alpha value is -12.5. The van der Waals surface area contributed by atoms with Gasteiger partial charge in [0.1, 0.15) is 40.6 Å². The SMILES string of the molecule is C[C@@H]1Cc2c(O)cc(O)cc2O[C@@H]1c1cc(O)c(O)c2c(=O)c(O)cccc12.O=C(O)/C=C/c1cc(O)c(O)c2c(O)c(=O)cccc12.O=c1c(O)cccc2c([C@H]3Oc4cc(O)cc(O)c4C[C@@H]3O)cc(O)c(O)c12.O=c1cccc2ccc(O)c(O)c2c1O. The summed E-state index contributed by atoms with van der Waals surface area (Å²) in [5, 5.41) is 177. The third-order valence-corrected chi connectivity index (χ3v) is 14.8. The average Bonchev–Trinajstić information content (AvgIpc) is 1.82. The summed E-state index contributed by atoms with van der Waals surface area (Å²) in [5.74, 6) is -8.58. The predicted octanol–water partition coefficient (Wildman–Crippen LogP) is 7.54. The van der Waals surface area contributed by atoms with Gasteiger partial charge < -0.3 is 101 Å². The predicted molar refractivity (Wildman–Crippen MR) is 326 cm³/mol. The van der Waals surface area contributed by atoms with Crippen molar-refractivity contribution in [3.8, 4) is 103 Å². The van der Waals surface area contributed by atoms with Gasteiger partial charge >= 0.3 is 5.97 Å². The van der Waals surface area contributed by atoms with Crippen LogP contribution in [0, 0.1) is 5.92 Å². The van der Waals surface area contributed by atoms with Crippen LogP contribution in [0.15, 0.2) is 153 Å². The minimum Gasteiger partial charge on any atom is -0.508 e. The lowest BCUT2D eigenvalue weighted by atomic mass is 9.86. The number of hydrogen-bond donors (Lipinski definition) is 18. The second-order valence-corrected chi connectivity index (χ2v) is 20.8. The number of phenols is 12. The van der Waals surface area contributed by atoms with Crippen molar-refractivity contribution < 1.29 is 106 Å². The Kier molecular flexibility index (Phi) is 17.4. The number of benzene rings is 6. The van der Waals surface area contributed by atoms with Crippen molar-refractivity contribution in [2.24, 2.45) is 5.92 Å². The molecule has 466 valence electrons. The molecule has 2 aliphatic heterocycles. The Balaban J connectivity index is 0.000000148. The molecule has 0 bridgehead atoms. The highest BCUT2D eigenvalue weighted by Gasteiger charge is 2.36. The van der Waals surface area contributed by atoms with E-state index < -0.39 is 109 Å². The second kappa shape index (κ2) is 25.1. The first-order valence-corrected chi connectivity index (χ1v) is 26.9. The van der Waals surface area contributed by atoms with Gasteiger partial charge in [-0.05, 0) is 88.1 Å². The fourth-order valence-electron chi connectivity index (χ4n) is 10.5. The van der Waals surface area contributed by atoms with Gasteiger partial charge in [0.2, 0.25) is 21.7 Å². The summed E-state index contributed by atoms with van der Waals surface area (Å²) in [5.41, 5.74) is -1.30. The minimum atomic E-state index is -1.19. The van der Waals surface area contributed by atoms with Gasteiger partial charge in [0.25, 0.3) is 0 Å². The Labute approximate surface area is 509 Å². The van der Waals surface area contributed by atoms with Crippen LogP contribution in [0.4, 0.5) is 0 Å². The number of phenolic OH excluding ortho intramolecular Hbond substituents is 12. The van der Waals surface area contributed by atoms with E-state index in [4.69, 9.17) is 14.6 Å². The van der Waals surface area contributed by atoms with Crippen LogP contribution in [0.2, 0.25) is 0 Å². The summed E-state index contributed by atoms with van der Waals surface area (Å²) >= 11 is 0. The molecule has 25 nitrogen and oxygen atoms in total. The minimum absolute atomic E-state index is 0.0102. The number of hydrogen-bond acceptors (Lipinski definition) is 24. The molecule has 0 saturated carbocycles. The summed E-state index contributed by atoms with van der Waals surface area (Å²) < 4.78 is 11.8. The number of aliphatic hydroxyl groups excluding tert-OH is 1. The molecule has 0 fully saturated rings. The van der Waals surface area contributed by atoms with Crippen molar-refractivity contribution in [1.29, 1.82) is 0 Å². The molecular formula is C66H52O25. The number of aliphatic carboxylic acids is 1. The lowest BCUT2D eigenvalue weighted by molar-refractivity contribution is -0.131. The Morgan fingerprint density at radius 2 is 0.868 bits per heavy atom. The first-order valence-electron chi connectivity index (χ1n) is 26.9. The first kappa shape index (κ1) is 63.0. The fraction of sp³-hybridized carbons (Fsp3) is 0.106. The highest BCUT2D eigenvalue weighted by Crippen LogP contribution is 2.49. The van der Waals surface area contributed by atoms with Gasteiger partial charge in [-0.2, -0.15) is 0 Å². The molecule has 10 aromatic rings. The molecule has 0 unspecified atom stereocenters. The Bertz CT molecular complexity index is 4750. The summed E-state index contributed by atoms with van der Waals surface area (Å²) in [7, 11) is 0. The number of aliphatic hydroxyl groups is 1. The molecule has 0 amide bonds. The highest BCUT2D eigenvalue weighted by molar-refractivity contribution is 6.02. The third kappa shape index (κ3) is 12.3. The van der Waals surface area contributed by atoms with Crippen LogP contribution in [0.3, 0.4) is 0 Å². The van der Waals surface area contributed by atoms with Crippen LogP contribution in [0.5, 0.6) is 103 Å². The standard InChI is InChI=1S/C21H18O7.C20H16O8.C14H10O6.C11H8O4/c1-9-5-13-15(24)6-10(22)7-17(13)28-21(9)12-8-16(25)20(27)18-11(12)3-2-4-14(23)19(18)26;21-8-4-13(23)11-7-15(25)20(28-16(11)5-8)10-6-14(24)19(27)17-9(10)2-1-3-12(22)18(17)26;15-9-3-1-2-8-7(4-5-11(17)18)6-10(16)14(20)12(8)13(9)19;12-7-3-1-2-6-4-5-8(13)11(15)9(6)10(7)14/h2-4,6-9,21-22,24-25,27H,5H2,1H3,(H,23,26);1-6,15,20-21,23-25,27H,7H2,(H,22,26);1-6,16,20H,(H,15,19)(H,17,18);1-5,13,15H,(H,12,14)/b;;5-4+;/t9-,21+;15-,20+;;/m10../s1. The summed E-state index contributed by atoms with van der Waals surface area (Å²) in [4.78, 5) is 58.2. The van der Waals surface area contributed by atoms with Gasteiger partial charge in [-0.25, -0.2) is 4.79 Å². The van der Waals surface area contributed by atoms with Crippen LogP contribution in [-0.4, -0.2) is 104 Å². The van der Waals surface area contributed by atoms with Gasteiger partial charge in [0, 0.05) is 64.9 Å². The topological polar surface area (TPSA) is 468 Å². The zero-order valence-corrected chi connectivity index (χ0v) is 46.9. The van der Waals surface area contributed by atoms with Gasteiger partial charge in [0.05, 0.1) is 27.6 Å². The molecule has 0 spiro atoms. The van der Waals surface area contributed by atoms with Crippen molar-refractivity contribution in [3.63, 3.8) is 0 Å². The van der Waals surface area contributed by atoms with Crippen LogP contribution in [-0.2, 0) is 17.6 Å². The molecule has 0 aliphatic carbocycles. The smallest absolute Gasteiger partial charge is 0.328 e. The van der Waals surface area contributed by atoms with Crippen molar-refractivity contribution in [1.82, 2.24) is 0 Å². The molecule has 4 atom stereocenters. The largest absolute Gasteiger partial charge is 0.508 e. The van der Waals surface area contributed by atoms with Crippen LogP contribution >= 0.6 is 0 Å². The van der Waals surface area contributed by atoms with Crippen molar-refractivity contribution >= 4 is 55.1 Å². The van der Waals surface area contributed by atoms with Crippen molar-refractivity contribution in [3.05, 3.63) is 202 Å². The lowest BCUT2D eigenvalue weighted by Crippen LogP contribution is -2.30. The fourth-order valence-corrected chi connectivity index (χ4v) is 10.5. The monoisotopic (exact) mass is 1240 g/mol. The van der Waals surface area contributed by atoms with Gasteiger partial charge in [-0.3, -0.25) is 19.2 Å². The molecule has 12 rings (SSSR count). The van der Waals surface area contributed by atoms with E-state index in [1.54, 1.807) is 12.1 Å². The number of fused-ring (bicyclic) bond motifs is 6. The van der Waals surface area contributed by atoms with E-state index >= 15 is 0 Å². The van der Waals surface area contributed by atoms with Crippen LogP contribution < -0.4 is 31.2 Å². The number of ether oxygens (including phenoxy) is 2. The summed E-state index contributed by atoms with van der Waals surface area (Å²) in [6.45, 7) is 1.88. The summed E-state index contributed by atoms with van der Waals surface area (Å²) in [6.07, 6.45) is -0.420. The molecule has 10 aromatic carbocycles. The summed E-state index contributed by atoms with van der Waals surface area (Å²) in [6, 6.07) is 27.8. The zero-order valence-electron chi connectivity index (χ0n) is 46.9. The Morgan fingerprint density at radius 1 is 0.429 bits per heavy atom. The quantitative estimate of drug-likeness (QED) is 0.0597. The maximum atomic E-state index is 12.5.